The standard InChI is InChI=1S/C25H26N2O4/c1-16(20-13-12-18-8-6-7-11-21(18)14-20)26-22(28)15-30-25(29)23-17(2)31-24(27-23)19-9-4-3-5-10-19/h3-5,9-10,12-14,16H,6-8,11,15H2,1-2H3,(H,26,28)/t16-/m1/s1. The molecular weight excluding hydrogens is 392 g/mol. The Bertz CT molecular complexity index is 1090. The molecule has 1 aliphatic carbocycles. The lowest BCUT2D eigenvalue weighted by molar-refractivity contribution is -0.124. The molecule has 1 N–H and O–H groups in total. The molecule has 0 saturated heterocycles. The zero-order valence-corrected chi connectivity index (χ0v) is 17.8. The fourth-order valence-corrected chi connectivity index (χ4v) is 3.88. The molecule has 0 saturated carbocycles. The quantitative estimate of drug-likeness (QED) is 0.594. The fraction of sp³-hybridized carbons (Fsp3) is 0.320. The molecule has 1 aromatic heterocycles. The summed E-state index contributed by atoms with van der Waals surface area (Å²) in [5.74, 6) is -0.342. The van der Waals surface area contributed by atoms with Crippen molar-refractivity contribution in [1.29, 1.82) is 0 Å². The lowest BCUT2D eigenvalue weighted by Crippen LogP contribution is -2.31. The molecule has 0 bridgehead atoms. The number of aryl methyl sites for hydroxylation is 3. The van der Waals surface area contributed by atoms with Crippen molar-refractivity contribution < 1.29 is 18.7 Å². The van der Waals surface area contributed by atoms with Crippen molar-refractivity contribution in [3.63, 3.8) is 0 Å². The number of benzene rings is 2. The first-order chi connectivity index (χ1) is 15.0. The number of carbonyl (C=O) groups excluding carboxylic acids is 2. The van der Waals surface area contributed by atoms with Crippen molar-refractivity contribution in [3.05, 3.63) is 76.7 Å². The van der Waals surface area contributed by atoms with Gasteiger partial charge in [0, 0.05) is 5.56 Å². The van der Waals surface area contributed by atoms with Gasteiger partial charge in [-0.3, -0.25) is 4.79 Å². The number of carbonyl (C=O) groups is 2. The minimum absolute atomic E-state index is 0.0781. The number of hydrogen-bond acceptors (Lipinski definition) is 5. The van der Waals surface area contributed by atoms with E-state index in [1.165, 1.54) is 24.0 Å². The average molecular weight is 418 g/mol. The summed E-state index contributed by atoms with van der Waals surface area (Å²) < 4.78 is 10.8. The highest BCUT2D eigenvalue weighted by molar-refractivity contribution is 5.91. The Balaban J connectivity index is 1.33. The summed E-state index contributed by atoms with van der Waals surface area (Å²) in [6, 6.07) is 15.5. The van der Waals surface area contributed by atoms with E-state index in [-0.39, 0.29) is 24.2 Å². The van der Waals surface area contributed by atoms with E-state index in [0.717, 1.165) is 24.0 Å². The van der Waals surface area contributed by atoms with Crippen LogP contribution in [0.2, 0.25) is 0 Å². The van der Waals surface area contributed by atoms with Gasteiger partial charge in [-0.05, 0) is 68.4 Å². The lowest BCUT2D eigenvalue weighted by Gasteiger charge is -2.20. The number of fused-ring (bicyclic) bond motifs is 1. The molecule has 0 fully saturated rings. The van der Waals surface area contributed by atoms with E-state index in [1.54, 1.807) is 6.92 Å². The van der Waals surface area contributed by atoms with Crippen LogP contribution in [0.3, 0.4) is 0 Å². The summed E-state index contributed by atoms with van der Waals surface area (Å²) in [6.07, 6.45) is 4.66. The second-order valence-corrected chi connectivity index (χ2v) is 7.89. The van der Waals surface area contributed by atoms with Gasteiger partial charge < -0.3 is 14.5 Å². The van der Waals surface area contributed by atoms with E-state index >= 15 is 0 Å². The molecule has 1 atom stereocenters. The van der Waals surface area contributed by atoms with E-state index in [0.29, 0.717) is 11.7 Å². The molecule has 31 heavy (non-hydrogen) atoms. The molecule has 160 valence electrons. The van der Waals surface area contributed by atoms with Gasteiger partial charge in [-0.25, -0.2) is 9.78 Å². The highest BCUT2D eigenvalue weighted by Crippen LogP contribution is 2.25. The first kappa shape index (κ1) is 20.8. The van der Waals surface area contributed by atoms with Crippen LogP contribution in [0.1, 0.15) is 58.7 Å². The maximum Gasteiger partial charge on any atom is 0.361 e. The number of oxazole rings is 1. The van der Waals surface area contributed by atoms with E-state index in [4.69, 9.17) is 9.15 Å². The topological polar surface area (TPSA) is 81.4 Å². The van der Waals surface area contributed by atoms with Crippen molar-refractivity contribution in [2.75, 3.05) is 6.61 Å². The van der Waals surface area contributed by atoms with Crippen LogP contribution in [0.5, 0.6) is 0 Å². The number of ether oxygens (including phenoxy) is 1. The normalized spacial score (nSPS) is 13.9. The molecule has 1 heterocycles. The van der Waals surface area contributed by atoms with Crippen molar-refractivity contribution in [1.82, 2.24) is 10.3 Å². The van der Waals surface area contributed by atoms with Gasteiger partial charge in [0.2, 0.25) is 5.89 Å². The Morgan fingerprint density at radius 1 is 1.10 bits per heavy atom. The number of aromatic nitrogens is 1. The Hall–Kier alpha value is -3.41. The molecule has 1 amide bonds. The van der Waals surface area contributed by atoms with Gasteiger partial charge in [0.05, 0.1) is 6.04 Å². The third-order valence-corrected chi connectivity index (χ3v) is 5.60. The lowest BCUT2D eigenvalue weighted by atomic mass is 9.89. The minimum atomic E-state index is -0.681. The summed E-state index contributed by atoms with van der Waals surface area (Å²) in [5.41, 5.74) is 4.67. The molecule has 0 spiro atoms. The molecule has 0 aliphatic heterocycles. The number of nitrogens with one attached hydrogen (secondary N) is 1. The zero-order valence-electron chi connectivity index (χ0n) is 17.8. The van der Waals surface area contributed by atoms with Crippen molar-refractivity contribution in [3.8, 4) is 11.5 Å². The molecule has 4 rings (SSSR count). The van der Waals surface area contributed by atoms with Crippen LogP contribution in [0.15, 0.2) is 52.9 Å². The molecule has 3 aromatic rings. The summed E-state index contributed by atoms with van der Waals surface area (Å²) >= 11 is 0. The van der Waals surface area contributed by atoms with Gasteiger partial charge in [0.25, 0.3) is 5.91 Å². The van der Waals surface area contributed by atoms with Crippen molar-refractivity contribution in [2.45, 2.75) is 45.6 Å². The van der Waals surface area contributed by atoms with Gasteiger partial charge in [-0.2, -0.15) is 0 Å². The average Bonchev–Trinajstić information content (AvgIpc) is 3.19. The van der Waals surface area contributed by atoms with Crippen LogP contribution in [0.4, 0.5) is 0 Å². The number of rotatable bonds is 6. The van der Waals surface area contributed by atoms with Gasteiger partial charge in [-0.15, -0.1) is 0 Å². The van der Waals surface area contributed by atoms with Gasteiger partial charge in [0.1, 0.15) is 5.76 Å². The highest BCUT2D eigenvalue weighted by Gasteiger charge is 2.21. The Kier molecular flexibility index (Phi) is 6.16. The molecular formula is C25H26N2O4. The summed E-state index contributed by atoms with van der Waals surface area (Å²) in [7, 11) is 0. The van der Waals surface area contributed by atoms with Crippen LogP contribution >= 0.6 is 0 Å². The number of amides is 1. The summed E-state index contributed by atoms with van der Waals surface area (Å²) in [4.78, 5) is 29.0. The smallest absolute Gasteiger partial charge is 0.361 e. The summed E-state index contributed by atoms with van der Waals surface area (Å²) in [6.45, 7) is 3.20. The first-order valence-electron chi connectivity index (χ1n) is 10.6. The maximum atomic E-state index is 12.4. The number of esters is 1. The third kappa shape index (κ3) is 4.85. The van der Waals surface area contributed by atoms with Crippen molar-refractivity contribution in [2.24, 2.45) is 0 Å². The van der Waals surface area contributed by atoms with E-state index in [9.17, 15) is 9.59 Å². The Labute approximate surface area is 181 Å². The maximum absolute atomic E-state index is 12.4. The monoisotopic (exact) mass is 418 g/mol. The number of nitrogens with zero attached hydrogens (tertiary/aromatic N) is 1. The van der Waals surface area contributed by atoms with Crippen LogP contribution in [-0.2, 0) is 22.4 Å². The molecule has 1 aliphatic rings. The summed E-state index contributed by atoms with van der Waals surface area (Å²) in [5, 5.41) is 2.90. The Morgan fingerprint density at radius 2 is 1.84 bits per heavy atom. The first-order valence-corrected chi connectivity index (χ1v) is 10.6. The second-order valence-electron chi connectivity index (χ2n) is 7.89. The molecule has 6 nitrogen and oxygen atoms in total. The van der Waals surface area contributed by atoms with Gasteiger partial charge in [0.15, 0.2) is 12.3 Å². The predicted octanol–water partition coefficient (Wildman–Crippen LogP) is 4.56. The van der Waals surface area contributed by atoms with Crippen LogP contribution in [-0.4, -0.2) is 23.5 Å². The predicted molar refractivity (Wildman–Crippen MR) is 117 cm³/mol. The van der Waals surface area contributed by atoms with E-state index in [1.807, 2.05) is 37.3 Å². The molecule has 6 heteroatoms. The van der Waals surface area contributed by atoms with Crippen LogP contribution < -0.4 is 5.32 Å². The second kappa shape index (κ2) is 9.16. The minimum Gasteiger partial charge on any atom is -0.451 e. The van der Waals surface area contributed by atoms with Crippen molar-refractivity contribution >= 4 is 11.9 Å². The SMILES string of the molecule is Cc1oc(-c2ccccc2)nc1C(=O)OCC(=O)N[C@H](C)c1ccc2c(c1)CCCC2. The largest absolute Gasteiger partial charge is 0.451 e. The Morgan fingerprint density at radius 3 is 2.61 bits per heavy atom. The van der Waals surface area contributed by atoms with Crippen LogP contribution in [0, 0.1) is 6.92 Å². The van der Waals surface area contributed by atoms with Crippen LogP contribution in [0.25, 0.3) is 11.5 Å². The van der Waals surface area contributed by atoms with Gasteiger partial charge in [-0.1, -0.05) is 36.4 Å². The molecule has 2 aromatic carbocycles. The molecule has 0 radical (unpaired) electrons. The number of hydrogen-bond donors (Lipinski definition) is 1. The fourth-order valence-electron chi connectivity index (χ4n) is 3.88. The zero-order chi connectivity index (χ0) is 21.8. The highest BCUT2D eigenvalue weighted by atomic mass is 16.5. The third-order valence-electron chi connectivity index (χ3n) is 5.60. The van der Waals surface area contributed by atoms with E-state index in [2.05, 4.69) is 28.5 Å². The van der Waals surface area contributed by atoms with E-state index < -0.39 is 5.97 Å². The molecule has 0 unspecified atom stereocenters. The van der Waals surface area contributed by atoms with Gasteiger partial charge >= 0.3 is 5.97 Å².